The lowest BCUT2D eigenvalue weighted by Gasteiger charge is -2.30. The lowest BCUT2D eigenvalue weighted by Crippen LogP contribution is -2.43. The Kier molecular flexibility index (Phi) is 5.80. The van der Waals surface area contributed by atoms with Crippen LogP contribution in [0.25, 0.3) is 0 Å². The second-order valence-electron chi connectivity index (χ2n) is 5.15. The molecule has 0 aliphatic carbocycles. The van der Waals surface area contributed by atoms with E-state index in [1.807, 2.05) is 0 Å². The molecule has 1 saturated heterocycles. The van der Waals surface area contributed by atoms with E-state index in [2.05, 4.69) is 58.7 Å². The molecule has 2 atom stereocenters. The third-order valence-corrected chi connectivity index (χ3v) is 4.37. The first-order valence-electron chi connectivity index (χ1n) is 6.91. The first-order chi connectivity index (χ1) is 9.61. The van der Waals surface area contributed by atoms with Crippen LogP contribution in [0.4, 0.5) is 0 Å². The van der Waals surface area contributed by atoms with Crippen LogP contribution in [0.15, 0.2) is 24.3 Å². The van der Waals surface area contributed by atoms with Gasteiger partial charge in [-0.15, -0.1) is 0 Å². The van der Waals surface area contributed by atoms with Crippen LogP contribution in [-0.4, -0.2) is 41.8 Å². The molecule has 20 heavy (non-hydrogen) atoms. The number of carbonyl (C=O) groups is 1. The molecule has 1 aliphatic heterocycles. The van der Waals surface area contributed by atoms with Crippen molar-refractivity contribution in [3.8, 4) is 0 Å². The monoisotopic (exact) mass is 389 g/mol. The number of ether oxygens (including phenoxy) is 1. The van der Waals surface area contributed by atoms with Gasteiger partial charge in [-0.25, -0.2) is 0 Å². The van der Waals surface area contributed by atoms with Crippen LogP contribution >= 0.6 is 22.6 Å². The third kappa shape index (κ3) is 3.93. The van der Waals surface area contributed by atoms with Crippen LogP contribution < -0.4 is 0 Å². The lowest BCUT2D eigenvalue weighted by molar-refractivity contribution is -0.143. The number of nitrogens with zero attached hydrogens (tertiary/aromatic N) is 1. The van der Waals surface area contributed by atoms with Crippen molar-refractivity contribution in [1.29, 1.82) is 0 Å². The minimum atomic E-state index is -0.754. The Labute approximate surface area is 133 Å². The highest BCUT2D eigenvalue weighted by atomic mass is 127. The van der Waals surface area contributed by atoms with Crippen LogP contribution in [0.2, 0.25) is 0 Å². The summed E-state index contributed by atoms with van der Waals surface area (Å²) in [6.45, 7) is 4.63. The molecule has 0 saturated carbocycles. The van der Waals surface area contributed by atoms with Crippen molar-refractivity contribution >= 4 is 28.6 Å². The maximum atomic E-state index is 11.3. The molecular weight excluding hydrogens is 369 g/mol. The summed E-state index contributed by atoms with van der Waals surface area (Å²) >= 11 is 2.29. The number of aliphatic carboxylic acids is 1. The topological polar surface area (TPSA) is 49.8 Å². The Hall–Kier alpha value is -0.660. The predicted molar refractivity (Wildman–Crippen MR) is 85.6 cm³/mol. The van der Waals surface area contributed by atoms with Crippen LogP contribution in [0.1, 0.15) is 18.9 Å². The van der Waals surface area contributed by atoms with Crippen molar-refractivity contribution in [3.05, 3.63) is 33.4 Å². The van der Waals surface area contributed by atoms with E-state index in [4.69, 9.17) is 4.74 Å². The summed E-state index contributed by atoms with van der Waals surface area (Å²) < 4.78 is 6.60. The molecule has 1 heterocycles. The Balaban J connectivity index is 2.10. The molecule has 2 rings (SSSR count). The molecule has 0 aromatic heterocycles. The highest BCUT2D eigenvalue weighted by molar-refractivity contribution is 14.1. The number of hydrogen-bond donors (Lipinski definition) is 1. The molecule has 1 aromatic carbocycles. The zero-order valence-corrected chi connectivity index (χ0v) is 13.7. The molecule has 0 spiro atoms. The van der Waals surface area contributed by atoms with E-state index in [-0.39, 0.29) is 6.04 Å². The van der Waals surface area contributed by atoms with Crippen LogP contribution in [0.3, 0.4) is 0 Å². The van der Waals surface area contributed by atoms with Gasteiger partial charge in [-0.1, -0.05) is 19.1 Å². The standard InChI is InChI=1S/C15H20INO3/c1-2-7-17(8-11-3-5-12(16)6-4-11)14-10-20-9-13(14)15(18)19/h3-6,13-14H,2,7-10H2,1H3,(H,18,19). The molecule has 1 fully saturated rings. The Morgan fingerprint density at radius 2 is 2.10 bits per heavy atom. The van der Waals surface area contributed by atoms with Gasteiger partial charge in [0, 0.05) is 16.2 Å². The van der Waals surface area contributed by atoms with Crippen molar-refractivity contribution in [2.75, 3.05) is 19.8 Å². The number of rotatable bonds is 6. The molecule has 110 valence electrons. The average molecular weight is 389 g/mol. The van der Waals surface area contributed by atoms with Gasteiger partial charge in [0.1, 0.15) is 0 Å². The molecule has 1 N–H and O–H groups in total. The molecule has 5 heteroatoms. The zero-order chi connectivity index (χ0) is 14.5. The quantitative estimate of drug-likeness (QED) is 0.761. The molecule has 0 bridgehead atoms. The number of carboxylic acids is 1. The predicted octanol–water partition coefficient (Wildman–Crippen LogP) is 2.60. The molecule has 2 unspecified atom stereocenters. The van der Waals surface area contributed by atoms with Gasteiger partial charge in [0.25, 0.3) is 0 Å². The van der Waals surface area contributed by atoms with E-state index in [0.29, 0.717) is 13.2 Å². The van der Waals surface area contributed by atoms with E-state index in [9.17, 15) is 9.90 Å². The van der Waals surface area contributed by atoms with Crippen LogP contribution in [-0.2, 0) is 16.1 Å². The smallest absolute Gasteiger partial charge is 0.310 e. The molecule has 1 aromatic rings. The number of benzene rings is 1. The van der Waals surface area contributed by atoms with Crippen molar-refractivity contribution in [1.82, 2.24) is 4.90 Å². The van der Waals surface area contributed by atoms with Gasteiger partial charge < -0.3 is 9.84 Å². The SMILES string of the molecule is CCCN(Cc1ccc(I)cc1)C1COCC1C(=O)O. The highest BCUT2D eigenvalue weighted by Gasteiger charge is 2.37. The van der Waals surface area contributed by atoms with Gasteiger partial charge >= 0.3 is 5.97 Å². The Bertz CT molecular complexity index is 449. The zero-order valence-electron chi connectivity index (χ0n) is 11.6. The fraction of sp³-hybridized carbons (Fsp3) is 0.533. The second kappa shape index (κ2) is 7.38. The van der Waals surface area contributed by atoms with Crippen molar-refractivity contribution < 1.29 is 14.6 Å². The Morgan fingerprint density at radius 1 is 1.40 bits per heavy atom. The number of carboxylic acid groups (broad SMARTS) is 1. The summed E-state index contributed by atoms with van der Waals surface area (Å²) in [6.07, 6.45) is 1.01. The van der Waals surface area contributed by atoms with Crippen LogP contribution in [0, 0.1) is 9.49 Å². The minimum absolute atomic E-state index is 0.0215. The number of halogens is 1. The summed E-state index contributed by atoms with van der Waals surface area (Å²) in [4.78, 5) is 13.6. The summed E-state index contributed by atoms with van der Waals surface area (Å²) in [5, 5.41) is 9.30. The molecule has 4 nitrogen and oxygen atoms in total. The maximum absolute atomic E-state index is 11.3. The normalized spacial score (nSPS) is 22.4. The highest BCUT2D eigenvalue weighted by Crippen LogP contribution is 2.22. The molecule has 1 aliphatic rings. The van der Waals surface area contributed by atoms with Crippen molar-refractivity contribution in [2.24, 2.45) is 5.92 Å². The van der Waals surface area contributed by atoms with E-state index in [1.54, 1.807) is 0 Å². The first-order valence-corrected chi connectivity index (χ1v) is 7.98. The van der Waals surface area contributed by atoms with Gasteiger partial charge in [0.05, 0.1) is 19.1 Å². The van der Waals surface area contributed by atoms with Crippen molar-refractivity contribution in [2.45, 2.75) is 25.9 Å². The third-order valence-electron chi connectivity index (χ3n) is 3.65. The molecular formula is C15H20INO3. The summed E-state index contributed by atoms with van der Waals surface area (Å²) in [5.41, 5.74) is 1.22. The lowest BCUT2D eigenvalue weighted by atomic mass is 10.0. The fourth-order valence-electron chi connectivity index (χ4n) is 2.61. The fourth-order valence-corrected chi connectivity index (χ4v) is 2.97. The summed E-state index contributed by atoms with van der Waals surface area (Å²) in [5.74, 6) is -1.17. The van der Waals surface area contributed by atoms with Crippen LogP contribution in [0.5, 0.6) is 0 Å². The Morgan fingerprint density at radius 3 is 2.70 bits per heavy atom. The largest absolute Gasteiger partial charge is 0.481 e. The second-order valence-corrected chi connectivity index (χ2v) is 6.39. The van der Waals surface area contributed by atoms with Crippen molar-refractivity contribution in [3.63, 3.8) is 0 Å². The first kappa shape index (κ1) is 15.7. The summed E-state index contributed by atoms with van der Waals surface area (Å²) in [6, 6.07) is 8.36. The van der Waals surface area contributed by atoms with Gasteiger partial charge in [0.15, 0.2) is 0 Å². The minimum Gasteiger partial charge on any atom is -0.481 e. The molecule has 0 radical (unpaired) electrons. The van der Waals surface area contributed by atoms with Gasteiger partial charge in [-0.05, 0) is 53.3 Å². The molecule has 0 amide bonds. The van der Waals surface area contributed by atoms with Gasteiger partial charge in [0.2, 0.25) is 0 Å². The van der Waals surface area contributed by atoms with Gasteiger partial charge in [-0.2, -0.15) is 0 Å². The van der Waals surface area contributed by atoms with E-state index in [0.717, 1.165) is 19.5 Å². The van der Waals surface area contributed by atoms with E-state index >= 15 is 0 Å². The van der Waals surface area contributed by atoms with E-state index < -0.39 is 11.9 Å². The average Bonchev–Trinajstić information content (AvgIpc) is 2.90. The maximum Gasteiger partial charge on any atom is 0.310 e. The van der Waals surface area contributed by atoms with E-state index in [1.165, 1.54) is 9.13 Å². The summed E-state index contributed by atoms with van der Waals surface area (Å²) in [7, 11) is 0. The number of hydrogen-bond acceptors (Lipinski definition) is 3. The van der Waals surface area contributed by atoms with Gasteiger partial charge in [-0.3, -0.25) is 9.69 Å².